The van der Waals surface area contributed by atoms with Crippen LogP contribution in [0.15, 0.2) is 24.3 Å². The van der Waals surface area contributed by atoms with Gasteiger partial charge in [-0.15, -0.1) is 0 Å². The van der Waals surface area contributed by atoms with Crippen molar-refractivity contribution in [1.29, 1.82) is 0 Å². The van der Waals surface area contributed by atoms with Crippen molar-refractivity contribution in [3.05, 3.63) is 41.1 Å². The zero-order chi connectivity index (χ0) is 16.8. The van der Waals surface area contributed by atoms with Gasteiger partial charge in [-0.2, -0.15) is 0 Å². The van der Waals surface area contributed by atoms with Gasteiger partial charge in [0.25, 0.3) is 0 Å². The van der Waals surface area contributed by atoms with Gasteiger partial charge in [0.05, 0.1) is 24.5 Å². The Balaban J connectivity index is 1.85. The van der Waals surface area contributed by atoms with Crippen molar-refractivity contribution in [3.8, 4) is 0 Å². The summed E-state index contributed by atoms with van der Waals surface area (Å²) in [4.78, 5) is 12.3. The molecular formula is C20H23NO3. The van der Waals surface area contributed by atoms with E-state index in [1.165, 1.54) is 30.4 Å². The number of nitrogens with zero attached hydrogens (tertiary/aromatic N) is 1. The Morgan fingerprint density at radius 2 is 2.21 bits per heavy atom. The van der Waals surface area contributed by atoms with E-state index in [-0.39, 0.29) is 12.6 Å². The first-order valence-electron chi connectivity index (χ1n) is 8.75. The van der Waals surface area contributed by atoms with Crippen molar-refractivity contribution in [3.63, 3.8) is 0 Å². The maximum atomic E-state index is 12.3. The Bertz CT molecular complexity index is 846. The van der Waals surface area contributed by atoms with Crippen LogP contribution in [0, 0.1) is 11.8 Å². The van der Waals surface area contributed by atoms with Crippen molar-refractivity contribution < 1.29 is 14.6 Å². The van der Waals surface area contributed by atoms with Crippen LogP contribution in [0.2, 0.25) is 0 Å². The average Bonchev–Trinajstić information content (AvgIpc) is 3.28. The van der Waals surface area contributed by atoms with E-state index in [2.05, 4.69) is 18.2 Å². The highest BCUT2D eigenvalue weighted by molar-refractivity contribution is 6.06. The van der Waals surface area contributed by atoms with E-state index >= 15 is 0 Å². The lowest BCUT2D eigenvalue weighted by molar-refractivity contribution is 0.0524. The zero-order valence-corrected chi connectivity index (χ0v) is 14.2. The number of allylic oxidation sites excluding steroid dienone is 2. The Hall–Kier alpha value is -2.07. The number of hydrogen-bond acceptors (Lipinski definition) is 3. The molecule has 0 radical (unpaired) electrons. The fourth-order valence-electron chi connectivity index (χ4n) is 4.46. The van der Waals surface area contributed by atoms with Crippen LogP contribution >= 0.6 is 0 Å². The highest BCUT2D eigenvalue weighted by Crippen LogP contribution is 2.48. The van der Waals surface area contributed by atoms with Crippen molar-refractivity contribution in [2.24, 2.45) is 18.9 Å². The molecule has 0 amide bonds. The molecule has 126 valence electrons. The molecular weight excluding hydrogens is 302 g/mol. The molecule has 4 nitrogen and oxygen atoms in total. The van der Waals surface area contributed by atoms with Crippen LogP contribution in [-0.2, 0) is 18.4 Å². The van der Waals surface area contributed by atoms with Crippen LogP contribution in [0.4, 0.5) is 0 Å². The molecule has 2 aliphatic rings. The van der Waals surface area contributed by atoms with E-state index in [1.807, 2.05) is 17.7 Å². The number of aliphatic hydroxyl groups is 1. The number of ether oxygens (including phenoxy) is 1. The fourth-order valence-corrected chi connectivity index (χ4v) is 4.46. The number of aliphatic hydroxyl groups excluding tert-OH is 1. The van der Waals surface area contributed by atoms with Gasteiger partial charge in [-0.25, -0.2) is 4.79 Å². The Morgan fingerprint density at radius 1 is 1.38 bits per heavy atom. The Labute approximate surface area is 141 Å². The second kappa shape index (κ2) is 5.78. The normalized spacial score (nSPS) is 22.2. The minimum atomic E-state index is -0.362. The molecule has 0 spiro atoms. The van der Waals surface area contributed by atoms with Crippen LogP contribution in [0.3, 0.4) is 0 Å². The van der Waals surface area contributed by atoms with Gasteiger partial charge in [0.1, 0.15) is 0 Å². The van der Waals surface area contributed by atoms with Crippen LogP contribution in [0.1, 0.15) is 47.8 Å². The topological polar surface area (TPSA) is 51.5 Å². The number of esters is 1. The van der Waals surface area contributed by atoms with Gasteiger partial charge in [-0.1, -0.05) is 18.2 Å². The number of benzene rings is 1. The molecule has 4 heteroatoms. The first-order valence-corrected chi connectivity index (χ1v) is 8.75. The van der Waals surface area contributed by atoms with Gasteiger partial charge in [0.15, 0.2) is 0 Å². The molecule has 24 heavy (non-hydrogen) atoms. The molecule has 2 atom stereocenters. The summed E-state index contributed by atoms with van der Waals surface area (Å²) in [6.45, 7) is 1.94. The largest absolute Gasteiger partial charge is 0.462 e. The Morgan fingerprint density at radius 3 is 2.83 bits per heavy atom. The maximum Gasteiger partial charge on any atom is 0.340 e. The van der Waals surface area contributed by atoms with Gasteiger partial charge in [0.2, 0.25) is 0 Å². The van der Waals surface area contributed by atoms with Gasteiger partial charge in [-0.3, -0.25) is 0 Å². The highest BCUT2D eigenvalue weighted by atomic mass is 16.5. The van der Waals surface area contributed by atoms with Crippen molar-refractivity contribution in [1.82, 2.24) is 4.57 Å². The second-order valence-electron chi connectivity index (χ2n) is 6.88. The summed E-state index contributed by atoms with van der Waals surface area (Å²) in [5.41, 5.74) is 4.78. The first-order chi connectivity index (χ1) is 11.6. The number of carbonyl (C=O) groups excluding carboxylic acids is 1. The van der Waals surface area contributed by atoms with Crippen LogP contribution < -0.4 is 0 Å². The summed E-state index contributed by atoms with van der Waals surface area (Å²) in [5, 5.41) is 10.6. The number of fused-ring (bicyclic) bond motifs is 3. The predicted octanol–water partition coefficient (Wildman–Crippen LogP) is 3.66. The SMILES string of the molecule is CCOC(=O)c1c(CO)n(C)c2cc(C3=CC4CCC3C4)ccc12. The molecule has 1 N–H and O–H groups in total. The molecule has 0 aliphatic heterocycles. The van der Waals surface area contributed by atoms with E-state index in [1.54, 1.807) is 6.92 Å². The third-order valence-electron chi connectivity index (χ3n) is 5.61. The molecule has 1 saturated carbocycles. The molecule has 2 unspecified atom stereocenters. The van der Waals surface area contributed by atoms with Gasteiger partial charge in [0, 0.05) is 18.0 Å². The number of rotatable bonds is 4. The van der Waals surface area contributed by atoms with Crippen molar-refractivity contribution >= 4 is 22.4 Å². The third kappa shape index (κ3) is 2.20. The highest BCUT2D eigenvalue weighted by Gasteiger charge is 2.33. The summed E-state index contributed by atoms with van der Waals surface area (Å²) in [7, 11) is 1.90. The fraction of sp³-hybridized carbons (Fsp3) is 0.450. The molecule has 1 aromatic carbocycles. The molecule has 1 heterocycles. The van der Waals surface area contributed by atoms with Crippen molar-refractivity contribution in [2.75, 3.05) is 6.61 Å². The standard InChI is InChI=1S/C20H23NO3/c1-3-24-20(23)19-15-7-6-14(10-17(15)21(2)18(19)11-22)16-9-12-4-5-13(16)8-12/h6-7,9-10,12-13,22H,3-5,8,11H2,1-2H3. The number of aromatic nitrogens is 1. The molecule has 2 aliphatic carbocycles. The van der Waals surface area contributed by atoms with E-state index in [9.17, 15) is 9.90 Å². The lowest BCUT2D eigenvalue weighted by Crippen LogP contribution is -2.08. The Kier molecular flexibility index (Phi) is 3.72. The van der Waals surface area contributed by atoms with Gasteiger partial charge >= 0.3 is 5.97 Å². The summed E-state index contributed by atoms with van der Waals surface area (Å²) in [5.74, 6) is 1.07. The summed E-state index contributed by atoms with van der Waals surface area (Å²) in [6.07, 6.45) is 6.33. The minimum Gasteiger partial charge on any atom is -0.462 e. The van der Waals surface area contributed by atoms with E-state index in [0.29, 0.717) is 23.8 Å². The van der Waals surface area contributed by atoms with Crippen LogP contribution in [0.5, 0.6) is 0 Å². The summed E-state index contributed by atoms with van der Waals surface area (Å²) in [6, 6.07) is 6.27. The average molecular weight is 325 g/mol. The lowest BCUT2D eigenvalue weighted by Gasteiger charge is -2.14. The quantitative estimate of drug-likeness (QED) is 0.873. The zero-order valence-electron chi connectivity index (χ0n) is 14.2. The van der Waals surface area contributed by atoms with Crippen LogP contribution in [-0.4, -0.2) is 22.2 Å². The van der Waals surface area contributed by atoms with Crippen molar-refractivity contribution in [2.45, 2.75) is 32.8 Å². The number of hydrogen-bond donors (Lipinski definition) is 1. The molecule has 2 aromatic rings. The van der Waals surface area contributed by atoms with Crippen LogP contribution in [0.25, 0.3) is 16.5 Å². The third-order valence-corrected chi connectivity index (χ3v) is 5.61. The van der Waals surface area contributed by atoms with Gasteiger partial charge in [-0.05, 0) is 55.2 Å². The van der Waals surface area contributed by atoms with E-state index in [0.717, 1.165) is 16.8 Å². The number of aryl methyl sites for hydroxylation is 1. The van der Waals surface area contributed by atoms with E-state index in [4.69, 9.17) is 4.74 Å². The maximum absolute atomic E-state index is 12.3. The molecule has 0 saturated heterocycles. The molecule has 4 rings (SSSR count). The first kappa shape index (κ1) is 15.5. The summed E-state index contributed by atoms with van der Waals surface area (Å²) >= 11 is 0. The van der Waals surface area contributed by atoms with E-state index < -0.39 is 0 Å². The molecule has 1 fully saturated rings. The second-order valence-corrected chi connectivity index (χ2v) is 6.88. The smallest absolute Gasteiger partial charge is 0.340 e. The lowest BCUT2D eigenvalue weighted by atomic mass is 9.91. The molecule has 1 aromatic heterocycles. The number of carbonyl (C=O) groups is 1. The predicted molar refractivity (Wildman–Crippen MR) is 93.6 cm³/mol. The summed E-state index contributed by atoms with van der Waals surface area (Å²) < 4.78 is 7.10. The minimum absolute atomic E-state index is 0.179. The molecule has 2 bridgehead atoms. The van der Waals surface area contributed by atoms with Gasteiger partial charge < -0.3 is 14.4 Å². The monoisotopic (exact) mass is 325 g/mol.